The largest absolute Gasteiger partial charge is 0.360 e. The highest BCUT2D eigenvalue weighted by atomic mass is 28.3. The van der Waals surface area contributed by atoms with Gasteiger partial charge in [0.2, 0.25) is 0 Å². The fraction of sp³-hybridized carbons (Fsp3) is 0.231. The van der Waals surface area contributed by atoms with E-state index in [0.717, 1.165) is 40.5 Å². The van der Waals surface area contributed by atoms with Gasteiger partial charge < -0.3 is 10.1 Å². The lowest BCUT2D eigenvalue weighted by Gasteiger charge is -2.15. The van der Waals surface area contributed by atoms with Crippen LogP contribution in [0.15, 0.2) is 60.9 Å². The molecule has 0 aliphatic carbocycles. The van der Waals surface area contributed by atoms with Crippen LogP contribution < -0.4 is 5.32 Å². The van der Waals surface area contributed by atoms with Crippen LogP contribution in [0, 0.1) is 22.7 Å². The van der Waals surface area contributed by atoms with Crippen molar-refractivity contribution in [3.05, 3.63) is 72.1 Å². The highest BCUT2D eigenvalue weighted by molar-refractivity contribution is 6.76. The molecule has 0 fully saturated rings. The molecule has 1 N–H and O–H groups in total. The third-order valence-electron chi connectivity index (χ3n) is 5.46. The quantitative estimate of drug-likeness (QED) is 0.256. The van der Waals surface area contributed by atoms with Gasteiger partial charge in [-0.2, -0.15) is 15.6 Å². The van der Waals surface area contributed by atoms with Gasteiger partial charge in [0.25, 0.3) is 0 Å². The summed E-state index contributed by atoms with van der Waals surface area (Å²) < 4.78 is 7.87. The van der Waals surface area contributed by atoms with Gasteiger partial charge in [0.1, 0.15) is 18.5 Å². The zero-order valence-electron chi connectivity index (χ0n) is 19.5. The van der Waals surface area contributed by atoms with Crippen molar-refractivity contribution in [1.29, 1.82) is 10.5 Å². The minimum atomic E-state index is -1.17. The molecular formula is C26H26N6OSi. The highest BCUT2D eigenvalue weighted by Gasteiger charge is 2.15. The average molecular weight is 467 g/mol. The first-order valence-corrected chi connectivity index (χ1v) is 14.8. The Morgan fingerprint density at radius 3 is 2.50 bits per heavy atom. The van der Waals surface area contributed by atoms with E-state index in [1.165, 1.54) is 0 Å². The van der Waals surface area contributed by atoms with Gasteiger partial charge >= 0.3 is 0 Å². The van der Waals surface area contributed by atoms with Gasteiger partial charge in [0, 0.05) is 43.7 Å². The van der Waals surface area contributed by atoms with Crippen LogP contribution in [0.1, 0.15) is 11.1 Å². The second-order valence-corrected chi connectivity index (χ2v) is 14.9. The number of ether oxygens (including phenoxy) is 1. The summed E-state index contributed by atoms with van der Waals surface area (Å²) >= 11 is 0. The van der Waals surface area contributed by atoms with E-state index in [4.69, 9.17) is 15.1 Å². The summed E-state index contributed by atoms with van der Waals surface area (Å²) in [7, 11) is -1.17. The first-order chi connectivity index (χ1) is 16.4. The van der Waals surface area contributed by atoms with Crippen LogP contribution in [0.4, 0.5) is 11.4 Å². The molecule has 2 aromatic carbocycles. The minimum Gasteiger partial charge on any atom is -0.360 e. The Labute approximate surface area is 200 Å². The molecule has 2 heterocycles. The standard InChI is InChI=1S/C26H26N6OSi/c1-34(2,3)13-12-33-18-32-25-7-5-22(30-24-6-4-19(16-27)14-21(24)17-28)15-23(25)26(31-32)20-8-10-29-11-9-20/h4-11,14-15,30H,12-13,18H2,1-3H3. The number of fused-ring (bicyclic) bond motifs is 1. The van der Waals surface area contributed by atoms with E-state index >= 15 is 0 Å². The SMILES string of the molecule is C[Si](C)(C)CCOCn1nc(-c2ccncc2)c2cc(Nc3ccc(C#N)cc3C#N)ccc21. The second kappa shape index (κ2) is 9.88. The molecule has 7 nitrogen and oxygen atoms in total. The van der Waals surface area contributed by atoms with Gasteiger partial charge in [-0.15, -0.1) is 0 Å². The van der Waals surface area contributed by atoms with E-state index in [9.17, 15) is 5.26 Å². The monoisotopic (exact) mass is 466 g/mol. The van der Waals surface area contributed by atoms with Crippen molar-refractivity contribution < 1.29 is 4.74 Å². The molecule has 8 heteroatoms. The molecule has 0 radical (unpaired) electrons. The number of pyridine rings is 1. The van der Waals surface area contributed by atoms with Crippen LogP contribution in [0.2, 0.25) is 25.7 Å². The Hall–Kier alpha value is -3.98. The lowest BCUT2D eigenvalue weighted by Crippen LogP contribution is -2.22. The van der Waals surface area contributed by atoms with Crippen LogP contribution in [0.3, 0.4) is 0 Å². The lowest BCUT2D eigenvalue weighted by atomic mass is 10.1. The van der Waals surface area contributed by atoms with Crippen molar-refractivity contribution in [3.63, 3.8) is 0 Å². The molecule has 4 rings (SSSR count). The number of aromatic nitrogens is 3. The maximum atomic E-state index is 9.51. The van der Waals surface area contributed by atoms with Gasteiger partial charge in [-0.1, -0.05) is 19.6 Å². The number of nitrogens with one attached hydrogen (secondary N) is 1. The number of nitrogens with zero attached hydrogens (tertiary/aromatic N) is 5. The van der Waals surface area contributed by atoms with Crippen LogP contribution in [-0.2, 0) is 11.5 Å². The number of rotatable bonds is 8. The van der Waals surface area contributed by atoms with Gasteiger partial charge in [-0.3, -0.25) is 4.98 Å². The second-order valence-electron chi connectivity index (χ2n) is 9.27. The number of hydrogen-bond donors (Lipinski definition) is 1. The maximum absolute atomic E-state index is 9.51. The molecule has 0 aliphatic rings. The Morgan fingerprint density at radius 2 is 1.79 bits per heavy atom. The molecule has 34 heavy (non-hydrogen) atoms. The van der Waals surface area contributed by atoms with E-state index in [-0.39, 0.29) is 0 Å². The molecule has 0 saturated heterocycles. The van der Waals surface area contributed by atoms with Gasteiger partial charge in [0.15, 0.2) is 0 Å². The summed E-state index contributed by atoms with van der Waals surface area (Å²) in [5.74, 6) is 0. The molecule has 0 aliphatic heterocycles. The average Bonchev–Trinajstić information content (AvgIpc) is 3.20. The van der Waals surface area contributed by atoms with Gasteiger partial charge in [-0.25, -0.2) is 4.68 Å². The Kier molecular flexibility index (Phi) is 6.74. The first-order valence-electron chi connectivity index (χ1n) is 11.1. The van der Waals surface area contributed by atoms with Crippen LogP contribution in [0.5, 0.6) is 0 Å². The summed E-state index contributed by atoms with van der Waals surface area (Å²) in [5.41, 5.74) is 5.11. The van der Waals surface area contributed by atoms with Crippen molar-refractivity contribution in [2.24, 2.45) is 0 Å². The Balaban J connectivity index is 1.68. The smallest absolute Gasteiger partial charge is 0.140 e. The Bertz CT molecular complexity index is 1390. The molecule has 2 aromatic heterocycles. The molecule has 0 spiro atoms. The van der Waals surface area contributed by atoms with Crippen molar-refractivity contribution in [3.8, 4) is 23.4 Å². The van der Waals surface area contributed by atoms with E-state index in [1.807, 2.05) is 35.0 Å². The normalized spacial score (nSPS) is 11.2. The molecule has 0 unspecified atom stereocenters. The van der Waals surface area contributed by atoms with E-state index < -0.39 is 8.07 Å². The summed E-state index contributed by atoms with van der Waals surface area (Å²) in [6, 6.07) is 20.2. The third-order valence-corrected chi connectivity index (χ3v) is 7.17. The third kappa shape index (κ3) is 5.32. The zero-order chi connectivity index (χ0) is 24.1. The number of anilines is 2. The highest BCUT2D eigenvalue weighted by Crippen LogP contribution is 2.31. The molecule has 170 valence electrons. The van der Waals surface area contributed by atoms with E-state index in [2.05, 4.69) is 42.1 Å². The summed E-state index contributed by atoms with van der Waals surface area (Å²) in [6.07, 6.45) is 3.51. The molecule has 0 atom stereocenters. The van der Waals surface area contributed by atoms with Crippen molar-refractivity contribution >= 4 is 30.4 Å². The van der Waals surface area contributed by atoms with E-state index in [1.54, 1.807) is 30.6 Å². The number of nitriles is 2. The topological polar surface area (TPSA) is 99.5 Å². The van der Waals surface area contributed by atoms with Crippen molar-refractivity contribution in [2.75, 3.05) is 11.9 Å². The molecular weight excluding hydrogens is 440 g/mol. The summed E-state index contributed by atoms with van der Waals surface area (Å²) in [5, 5.41) is 27.8. The van der Waals surface area contributed by atoms with Crippen molar-refractivity contribution in [2.45, 2.75) is 32.4 Å². The Morgan fingerprint density at radius 1 is 1.00 bits per heavy atom. The predicted octanol–water partition coefficient (Wildman–Crippen LogP) is 5.90. The zero-order valence-corrected chi connectivity index (χ0v) is 20.5. The fourth-order valence-corrected chi connectivity index (χ4v) is 4.34. The van der Waals surface area contributed by atoms with E-state index in [0.29, 0.717) is 23.5 Å². The lowest BCUT2D eigenvalue weighted by molar-refractivity contribution is 0.0818. The molecule has 0 amide bonds. The molecule has 0 bridgehead atoms. The number of hydrogen-bond acceptors (Lipinski definition) is 6. The maximum Gasteiger partial charge on any atom is 0.140 e. The summed E-state index contributed by atoms with van der Waals surface area (Å²) in [4.78, 5) is 4.13. The fourth-order valence-electron chi connectivity index (χ4n) is 3.58. The van der Waals surface area contributed by atoms with Crippen LogP contribution in [-0.4, -0.2) is 29.4 Å². The minimum absolute atomic E-state index is 0.382. The number of benzene rings is 2. The summed E-state index contributed by atoms with van der Waals surface area (Å²) in [6.45, 7) is 8.11. The van der Waals surface area contributed by atoms with Gasteiger partial charge in [-0.05, 0) is 54.6 Å². The predicted molar refractivity (Wildman–Crippen MR) is 136 cm³/mol. The first kappa shape index (κ1) is 23.2. The van der Waals surface area contributed by atoms with Crippen LogP contribution in [0.25, 0.3) is 22.2 Å². The van der Waals surface area contributed by atoms with Gasteiger partial charge in [0.05, 0.1) is 28.4 Å². The molecule has 4 aromatic rings. The van der Waals surface area contributed by atoms with Crippen molar-refractivity contribution in [1.82, 2.24) is 14.8 Å². The molecule has 0 saturated carbocycles. The van der Waals surface area contributed by atoms with Crippen LogP contribution >= 0.6 is 0 Å².